The van der Waals surface area contributed by atoms with Gasteiger partial charge in [0.05, 0.1) is 11.7 Å². The highest BCUT2D eigenvalue weighted by molar-refractivity contribution is 5.77. The van der Waals surface area contributed by atoms with E-state index in [9.17, 15) is 9.90 Å². The molecule has 0 amide bonds. The van der Waals surface area contributed by atoms with Crippen LogP contribution in [0.25, 0.3) is 5.57 Å². The number of hydrogen-bond donors (Lipinski definition) is 1. The molecule has 5 heteroatoms. The minimum Gasteiger partial charge on any atom is -0.508 e. The molecule has 20 heavy (non-hydrogen) atoms. The third-order valence-electron chi connectivity index (χ3n) is 3.56. The molecule has 2 aliphatic rings. The lowest BCUT2D eigenvalue weighted by atomic mass is 9.94. The first-order chi connectivity index (χ1) is 9.41. The summed E-state index contributed by atoms with van der Waals surface area (Å²) in [6.45, 7) is 5.15. The van der Waals surface area contributed by atoms with Gasteiger partial charge < -0.3 is 19.3 Å². The predicted octanol–water partition coefficient (Wildman–Crippen LogP) is 2.58. The van der Waals surface area contributed by atoms with Crippen LogP contribution >= 0.6 is 0 Å². The number of phenolic OH excluding ortho intramolecular Hbond substituents is 1. The second-order valence-corrected chi connectivity index (χ2v) is 5.17. The van der Waals surface area contributed by atoms with Gasteiger partial charge in [-0.2, -0.15) is 0 Å². The van der Waals surface area contributed by atoms with E-state index in [2.05, 4.69) is 0 Å². The number of esters is 1. The molecule has 1 aromatic carbocycles. The Balaban J connectivity index is 2.15. The Labute approximate surface area is 116 Å². The number of fused-ring (bicyclic) bond motifs is 2. The Morgan fingerprint density at radius 2 is 2.25 bits per heavy atom. The van der Waals surface area contributed by atoms with Gasteiger partial charge in [-0.15, -0.1) is 0 Å². The van der Waals surface area contributed by atoms with Crippen molar-refractivity contribution in [2.75, 3.05) is 0 Å². The highest BCUT2D eigenvalue weighted by Crippen LogP contribution is 2.49. The van der Waals surface area contributed by atoms with Gasteiger partial charge in [-0.1, -0.05) is 0 Å². The first kappa shape index (κ1) is 13.0. The zero-order valence-electron chi connectivity index (χ0n) is 11.6. The number of hydrogen-bond acceptors (Lipinski definition) is 5. The summed E-state index contributed by atoms with van der Waals surface area (Å²) in [5.74, 6) is -1.44. The van der Waals surface area contributed by atoms with E-state index in [1.54, 1.807) is 12.1 Å². The third-order valence-corrected chi connectivity index (χ3v) is 3.56. The molecule has 1 aromatic rings. The summed E-state index contributed by atoms with van der Waals surface area (Å²) in [6, 6.07) is 4.88. The van der Waals surface area contributed by atoms with Gasteiger partial charge in [-0.3, -0.25) is 4.79 Å². The summed E-state index contributed by atoms with van der Waals surface area (Å²) >= 11 is 0. The molecule has 0 aliphatic carbocycles. The first-order valence-electron chi connectivity index (χ1n) is 6.51. The smallest absolute Gasteiger partial charge is 0.400 e. The quantitative estimate of drug-likeness (QED) is 0.799. The average molecular weight is 276 g/mol. The molecule has 1 saturated heterocycles. The van der Waals surface area contributed by atoms with Crippen molar-refractivity contribution in [2.45, 2.75) is 39.3 Å². The molecule has 0 bridgehead atoms. The highest BCUT2D eigenvalue weighted by atomic mass is 16.9. The number of benzene rings is 1. The van der Waals surface area contributed by atoms with E-state index in [0.29, 0.717) is 12.2 Å². The fourth-order valence-corrected chi connectivity index (χ4v) is 2.77. The van der Waals surface area contributed by atoms with Gasteiger partial charge in [0, 0.05) is 25.0 Å². The standard InChI is InChI=1S/C15H16O5/c1-8-6-13-9(2)12-5-4-11(17)7-14(12)20-15(13,18-8)19-10(3)16/h4-5,7-8,17H,6H2,1-3H3. The van der Waals surface area contributed by atoms with Gasteiger partial charge in [0.1, 0.15) is 11.5 Å². The van der Waals surface area contributed by atoms with E-state index in [1.165, 1.54) is 13.0 Å². The van der Waals surface area contributed by atoms with Crippen LogP contribution in [0, 0.1) is 0 Å². The molecule has 2 atom stereocenters. The van der Waals surface area contributed by atoms with Crippen molar-refractivity contribution >= 4 is 11.5 Å². The first-order valence-corrected chi connectivity index (χ1v) is 6.51. The van der Waals surface area contributed by atoms with Gasteiger partial charge in [-0.25, -0.2) is 0 Å². The molecule has 106 valence electrons. The topological polar surface area (TPSA) is 65.0 Å². The molecule has 1 N–H and O–H groups in total. The second-order valence-electron chi connectivity index (χ2n) is 5.17. The molecule has 0 spiro atoms. The van der Waals surface area contributed by atoms with Crippen LogP contribution in [-0.4, -0.2) is 23.2 Å². The summed E-state index contributed by atoms with van der Waals surface area (Å²) in [7, 11) is 0. The Morgan fingerprint density at radius 1 is 1.50 bits per heavy atom. The third kappa shape index (κ3) is 1.86. The van der Waals surface area contributed by atoms with Crippen LogP contribution in [0.4, 0.5) is 0 Å². The number of phenols is 1. The van der Waals surface area contributed by atoms with Crippen LogP contribution in [0.2, 0.25) is 0 Å². The van der Waals surface area contributed by atoms with Gasteiger partial charge >= 0.3 is 11.9 Å². The Kier molecular flexibility index (Phi) is 2.76. The Bertz CT molecular complexity index is 619. The minimum atomic E-state index is -1.49. The van der Waals surface area contributed by atoms with Crippen molar-refractivity contribution in [1.29, 1.82) is 0 Å². The van der Waals surface area contributed by atoms with Crippen molar-refractivity contribution < 1.29 is 24.1 Å². The summed E-state index contributed by atoms with van der Waals surface area (Å²) in [5, 5.41) is 9.59. The van der Waals surface area contributed by atoms with Crippen molar-refractivity contribution in [3.8, 4) is 11.5 Å². The van der Waals surface area contributed by atoms with Crippen molar-refractivity contribution in [1.82, 2.24) is 0 Å². The van der Waals surface area contributed by atoms with Crippen LogP contribution in [0.15, 0.2) is 23.8 Å². The lowest BCUT2D eigenvalue weighted by Crippen LogP contribution is -2.44. The zero-order valence-corrected chi connectivity index (χ0v) is 11.6. The molecule has 2 aliphatic heterocycles. The summed E-state index contributed by atoms with van der Waals surface area (Å²) in [4.78, 5) is 11.4. The molecule has 2 heterocycles. The van der Waals surface area contributed by atoms with Gasteiger partial charge in [0.25, 0.3) is 0 Å². The van der Waals surface area contributed by atoms with Crippen LogP contribution in [0.1, 0.15) is 32.8 Å². The minimum absolute atomic E-state index is 0.0871. The number of aromatic hydroxyl groups is 1. The Hall–Kier alpha value is -2.01. The van der Waals surface area contributed by atoms with E-state index in [-0.39, 0.29) is 11.9 Å². The van der Waals surface area contributed by atoms with E-state index in [4.69, 9.17) is 14.2 Å². The maximum absolute atomic E-state index is 11.4. The monoisotopic (exact) mass is 276 g/mol. The number of carbonyl (C=O) groups excluding carboxylic acids is 1. The summed E-state index contributed by atoms with van der Waals surface area (Å²) in [5.41, 5.74) is 2.65. The molecular formula is C15H16O5. The van der Waals surface area contributed by atoms with Crippen LogP contribution in [-0.2, 0) is 14.3 Å². The van der Waals surface area contributed by atoms with Crippen LogP contribution < -0.4 is 4.74 Å². The molecule has 0 saturated carbocycles. The van der Waals surface area contributed by atoms with Gasteiger partial charge in [-0.05, 0) is 31.6 Å². The molecule has 0 aromatic heterocycles. The number of carbonyl (C=O) groups is 1. The van der Waals surface area contributed by atoms with E-state index in [1.807, 2.05) is 13.8 Å². The highest BCUT2D eigenvalue weighted by Gasteiger charge is 2.53. The molecule has 0 radical (unpaired) electrons. The molecule has 5 nitrogen and oxygen atoms in total. The molecule has 3 rings (SSSR count). The fraction of sp³-hybridized carbons (Fsp3) is 0.400. The van der Waals surface area contributed by atoms with E-state index in [0.717, 1.165) is 16.7 Å². The van der Waals surface area contributed by atoms with Crippen molar-refractivity contribution in [3.05, 3.63) is 29.3 Å². The van der Waals surface area contributed by atoms with Crippen LogP contribution in [0.3, 0.4) is 0 Å². The number of allylic oxidation sites excluding steroid dienone is 1. The second kappa shape index (κ2) is 4.24. The number of ether oxygens (including phenoxy) is 3. The van der Waals surface area contributed by atoms with Crippen molar-refractivity contribution in [2.24, 2.45) is 0 Å². The van der Waals surface area contributed by atoms with E-state index < -0.39 is 11.9 Å². The lowest BCUT2D eigenvalue weighted by molar-refractivity contribution is -0.295. The summed E-state index contributed by atoms with van der Waals surface area (Å²) in [6.07, 6.45) is 0.529. The Morgan fingerprint density at radius 3 is 2.95 bits per heavy atom. The van der Waals surface area contributed by atoms with E-state index >= 15 is 0 Å². The predicted molar refractivity (Wildman–Crippen MR) is 71.0 cm³/mol. The maximum atomic E-state index is 11.4. The number of rotatable bonds is 1. The normalized spacial score (nSPS) is 27.6. The van der Waals surface area contributed by atoms with Crippen molar-refractivity contribution in [3.63, 3.8) is 0 Å². The average Bonchev–Trinajstić information content (AvgIpc) is 2.64. The molecular weight excluding hydrogens is 260 g/mol. The van der Waals surface area contributed by atoms with Crippen LogP contribution in [0.5, 0.6) is 11.5 Å². The largest absolute Gasteiger partial charge is 0.508 e. The maximum Gasteiger partial charge on any atom is 0.400 e. The zero-order chi connectivity index (χ0) is 14.5. The summed E-state index contributed by atoms with van der Waals surface area (Å²) < 4.78 is 16.8. The molecule has 1 fully saturated rings. The lowest BCUT2D eigenvalue weighted by Gasteiger charge is -2.34. The van der Waals surface area contributed by atoms with Gasteiger partial charge in [0.2, 0.25) is 0 Å². The van der Waals surface area contributed by atoms with Gasteiger partial charge in [0.15, 0.2) is 0 Å². The molecule has 2 unspecified atom stereocenters. The SMILES string of the molecule is CC(=O)OC12Oc3cc(O)ccc3C(C)=C1CC(C)O2. The fourth-order valence-electron chi connectivity index (χ4n) is 2.77.